The molecule has 1 amide bonds. The van der Waals surface area contributed by atoms with Gasteiger partial charge < -0.3 is 9.80 Å². The molecule has 0 spiro atoms. The molecule has 0 bridgehead atoms. The van der Waals surface area contributed by atoms with E-state index in [0.717, 1.165) is 22.8 Å². The maximum absolute atomic E-state index is 13.0. The van der Waals surface area contributed by atoms with E-state index in [1.54, 1.807) is 11.8 Å². The van der Waals surface area contributed by atoms with Crippen LogP contribution in [0.25, 0.3) is 0 Å². The predicted octanol–water partition coefficient (Wildman–Crippen LogP) is 4.02. The Labute approximate surface area is 162 Å². The lowest BCUT2D eigenvalue weighted by Gasteiger charge is -2.36. The van der Waals surface area contributed by atoms with Gasteiger partial charge in [0.05, 0.1) is 5.56 Å². The molecule has 2 aromatic carbocycles. The third-order valence-corrected chi connectivity index (χ3v) is 4.81. The van der Waals surface area contributed by atoms with Gasteiger partial charge in [0.25, 0.3) is 5.91 Å². The number of benzene rings is 2. The highest BCUT2D eigenvalue weighted by molar-refractivity contribution is 5.94. The average molecular weight is 386 g/mol. The molecule has 1 fully saturated rings. The van der Waals surface area contributed by atoms with E-state index < -0.39 is 11.7 Å². The molecule has 0 atom stereocenters. The van der Waals surface area contributed by atoms with Gasteiger partial charge in [0.2, 0.25) is 0 Å². The van der Waals surface area contributed by atoms with E-state index in [-0.39, 0.29) is 5.91 Å². The van der Waals surface area contributed by atoms with E-state index >= 15 is 0 Å². The molecule has 28 heavy (non-hydrogen) atoms. The molecule has 6 heteroatoms. The van der Waals surface area contributed by atoms with Gasteiger partial charge in [-0.25, -0.2) is 0 Å². The van der Waals surface area contributed by atoms with Crippen LogP contribution in [0.4, 0.5) is 18.9 Å². The SMILES string of the molecule is Cc1ccc(C#CC(=O)N2CCN(c3cc(C(F)(F)F)ccc3C)CC2)cc1. The lowest BCUT2D eigenvalue weighted by Crippen LogP contribution is -2.48. The number of alkyl halides is 3. The summed E-state index contributed by atoms with van der Waals surface area (Å²) in [4.78, 5) is 15.8. The third-order valence-electron chi connectivity index (χ3n) is 4.81. The highest BCUT2D eigenvalue weighted by Gasteiger charge is 2.31. The van der Waals surface area contributed by atoms with Gasteiger partial charge in [-0.05, 0) is 43.7 Å². The molecule has 0 aromatic heterocycles. The summed E-state index contributed by atoms with van der Waals surface area (Å²) in [6.45, 7) is 5.57. The van der Waals surface area contributed by atoms with E-state index in [9.17, 15) is 18.0 Å². The van der Waals surface area contributed by atoms with Crippen molar-refractivity contribution in [2.45, 2.75) is 20.0 Å². The van der Waals surface area contributed by atoms with E-state index in [2.05, 4.69) is 11.8 Å². The van der Waals surface area contributed by atoms with Crippen molar-refractivity contribution < 1.29 is 18.0 Å². The predicted molar refractivity (Wildman–Crippen MR) is 103 cm³/mol. The fraction of sp³-hybridized carbons (Fsp3) is 0.318. The molecule has 0 aliphatic carbocycles. The molecule has 0 radical (unpaired) electrons. The lowest BCUT2D eigenvalue weighted by molar-refractivity contribution is -0.137. The summed E-state index contributed by atoms with van der Waals surface area (Å²) >= 11 is 0. The molecule has 1 aliphatic rings. The van der Waals surface area contributed by atoms with Crippen molar-refractivity contribution in [3.63, 3.8) is 0 Å². The van der Waals surface area contributed by atoms with Gasteiger partial charge in [0, 0.05) is 43.4 Å². The maximum atomic E-state index is 13.0. The first-order chi connectivity index (χ1) is 13.2. The van der Waals surface area contributed by atoms with Gasteiger partial charge in [0.15, 0.2) is 0 Å². The smallest absolute Gasteiger partial charge is 0.368 e. The molecule has 2 aromatic rings. The van der Waals surface area contributed by atoms with Crippen LogP contribution in [-0.4, -0.2) is 37.0 Å². The number of anilines is 1. The zero-order chi connectivity index (χ0) is 20.3. The number of rotatable bonds is 1. The van der Waals surface area contributed by atoms with Crippen LogP contribution < -0.4 is 4.90 Å². The maximum Gasteiger partial charge on any atom is 0.416 e. The summed E-state index contributed by atoms with van der Waals surface area (Å²) in [5.74, 6) is 5.26. The molecule has 3 nitrogen and oxygen atoms in total. The summed E-state index contributed by atoms with van der Waals surface area (Å²) in [6, 6.07) is 11.4. The molecule has 1 aliphatic heterocycles. The van der Waals surface area contributed by atoms with Crippen molar-refractivity contribution in [2.75, 3.05) is 31.1 Å². The Morgan fingerprint density at radius 2 is 1.61 bits per heavy atom. The minimum atomic E-state index is -4.37. The number of halogens is 3. The van der Waals surface area contributed by atoms with E-state index in [4.69, 9.17) is 0 Å². The van der Waals surface area contributed by atoms with Gasteiger partial charge in [-0.1, -0.05) is 29.7 Å². The Hall–Kier alpha value is -2.94. The van der Waals surface area contributed by atoms with E-state index in [1.165, 1.54) is 12.1 Å². The molecule has 0 N–H and O–H groups in total. The second-order valence-electron chi connectivity index (χ2n) is 6.89. The van der Waals surface area contributed by atoms with Crippen molar-refractivity contribution in [3.8, 4) is 11.8 Å². The third kappa shape index (κ3) is 4.66. The molecule has 1 heterocycles. The van der Waals surface area contributed by atoms with Gasteiger partial charge in [-0.15, -0.1) is 0 Å². The van der Waals surface area contributed by atoms with Crippen molar-refractivity contribution >= 4 is 11.6 Å². The zero-order valence-corrected chi connectivity index (χ0v) is 15.8. The Morgan fingerprint density at radius 1 is 0.964 bits per heavy atom. The highest BCUT2D eigenvalue weighted by atomic mass is 19.4. The molecule has 146 valence electrons. The molecule has 0 unspecified atom stereocenters. The second kappa shape index (κ2) is 7.97. The minimum Gasteiger partial charge on any atom is -0.368 e. The lowest BCUT2D eigenvalue weighted by atomic mass is 10.1. The van der Waals surface area contributed by atoms with Gasteiger partial charge in [0.1, 0.15) is 0 Å². The molecule has 3 rings (SSSR count). The van der Waals surface area contributed by atoms with Gasteiger partial charge >= 0.3 is 6.18 Å². The van der Waals surface area contributed by atoms with Gasteiger partial charge in [-0.2, -0.15) is 13.2 Å². The molecular formula is C22H21F3N2O. The normalized spacial score (nSPS) is 14.5. The second-order valence-corrected chi connectivity index (χ2v) is 6.89. The Balaban J connectivity index is 1.65. The monoisotopic (exact) mass is 386 g/mol. The van der Waals surface area contributed by atoms with Crippen molar-refractivity contribution in [1.82, 2.24) is 4.90 Å². The first kappa shape index (κ1) is 19.8. The fourth-order valence-electron chi connectivity index (χ4n) is 3.12. The summed E-state index contributed by atoms with van der Waals surface area (Å²) in [6.07, 6.45) is -4.37. The van der Waals surface area contributed by atoms with Crippen LogP contribution in [0, 0.1) is 25.7 Å². The number of hydrogen-bond acceptors (Lipinski definition) is 2. The standard InChI is InChI=1S/C22H21F3N2O/c1-16-3-6-18(7-4-16)8-10-21(28)27-13-11-26(12-14-27)20-15-19(22(23,24)25)9-5-17(20)2/h3-7,9,15H,11-14H2,1-2H3. The van der Waals surface area contributed by atoms with Crippen LogP contribution in [0.15, 0.2) is 42.5 Å². The summed E-state index contributed by atoms with van der Waals surface area (Å²) in [5.41, 5.74) is 2.59. The van der Waals surface area contributed by atoms with E-state index in [1.807, 2.05) is 36.1 Å². The van der Waals surface area contributed by atoms with Crippen LogP contribution in [0.3, 0.4) is 0 Å². The average Bonchev–Trinajstić information content (AvgIpc) is 2.67. The van der Waals surface area contributed by atoms with Crippen LogP contribution in [0.1, 0.15) is 22.3 Å². The number of piperazine rings is 1. The highest BCUT2D eigenvalue weighted by Crippen LogP contribution is 2.33. The van der Waals surface area contributed by atoms with Crippen molar-refractivity contribution in [1.29, 1.82) is 0 Å². The first-order valence-electron chi connectivity index (χ1n) is 9.04. The number of nitrogens with zero attached hydrogens (tertiary/aromatic N) is 2. The number of carbonyl (C=O) groups is 1. The van der Waals surface area contributed by atoms with Crippen LogP contribution in [0.2, 0.25) is 0 Å². The number of amides is 1. The largest absolute Gasteiger partial charge is 0.416 e. The molecule has 1 saturated heterocycles. The Morgan fingerprint density at radius 3 is 2.21 bits per heavy atom. The van der Waals surface area contributed by atoms with Crippen LogP contribution in [0.5, 0.6) is 0 Å². The summed E-state index contributed by atoms with van der Waals surface area (Å²) < 4.78 is 39.0. The van der Waals surface area contributed by atoms with Crippen LogP contribution >= 0.6 is 0 Å². The molecule has 0 saturated carbocycles. The molecular weight excluding hydrogens is 365 g/mol. The minimum absolute atomic E-state index is 0.263. The van der Waals surface area contributed by atoms with E-state index in [0.29, 0.717) is 31.9 Å². The number of hydrogen-bond donors (Lipinski definition) is 0. The topological polar surface area (TPSA) is 23.6 Å². The van der Waals surface area contributed by atoms with Crippen molar-refractivity contribution in [3.05, 3.63) is 64.7 Å². The quantitative estimate of drug-likeness (QED) is 0.691. The van der Waals surface area contributed by atoms with Crippen LogP contribution in [-0.2, 0) is 11.0 Å². The first-order valence-corrected chi connectivity index (χ1v) is 9.04. The zero-order valence-electron chi connectivity index (χ0n) is 15.8. The number of aryl methyl sites for hydroxylation is 2. The van der Waals surface area contributed by atoms with Crippen molar-refractivity contribution in [2.24, 2.45) is 0 Å². The Kier molecular flexibility index (Phi) is 5.64. The van der Waals surface area contributed by atoms with Gasteiger partial charge in [-0.3, -0.25) is 4.79 Å². The number of carbonyl (C=O) groups excluding carboxylic acids is 1. The fourth-order valence-corrected chi connectivity index (χ4v) is 3.12. The Bertz CT molecular complexity index is 916. The summed E-state index contributed by atoms with van der Waals surface area (Å²) in [7, 11) is 0. The summed E-state index contributed by atoms with van der Waals surface area (Å²) in [5, 5.41) is 0.